The molecule has 0 spiro atoms. The van der Waals surface area contributed by atoms with Crippen LogP contribution in [0.15, 0.2) is 229 Å². The molecule has 0 amide bonds. The number of fused-ring (bicyclic) bond motifs is 3. The van der Waals surface area contributed by atoms with Crippen LogP contribution in [0.1, 0.15) is 0 Å². The standard InChI is InChI=1S/C54H37NO/c1-4-16-38(17-5-1)40-28-31-43(32-29-40)55(44-33-35-50-49-25-13-15-27-53(49)56-54(50)37-44)52-26-14-12-24-48(52)47-34-30-42(39-18-6-2-7-19-39)36-51(47)46-23-11-10-22-45(46)41-20-8-3-9-21-41/h1-37H. The normalized spacial score (nSPS) is 11.2. The zero-order valence-corrected chi connectivity index (χ0v) is 30.7. The van der Waals surface area contributed by atoms with E-state index in [1.807, 2.05) is 12.1 Å². The van der Waals surface area contributed by atoms with Crippen molar-refractivity contribution < 1.29 is 4.42 Å². The van der Waals surface area contributed by atoms with Gasteiger partial charge in [0.2, 0.25) is 0 Å². The Morgan fingerprint density at radius 3 is 1.50 bits per heavy atom. The highest BCUT2D eigenvalue weighted by atomic mass is 16.3. The number of nitrogens with zero attached hydrogens (tertiary/aromatic N) is 1. The van der Waals surface area contributed by atoms with Crippen molar-refractivity contribution in [1.82, 2.24) is 0 Å². The van der Waals surface area contributed by atoms with E-state index < -0.39 is 0 Å². The number of para-hydroxylation sites is 2. The van der Waals surface area contributed by atoms with E-state index in [9.17, 15) is 0 Å². The van der Waals surface area contributed by atoms with E-state index in [1.54, 1.807) is 0 Å². The molecule has 0 radical (unpaired) electrons. The first-order valence-electron chi connectivity index (χ1n) is 19.1. The average molecular weight is 716 g/mol. The number of rotatable bonds is 8. The van der Waals surface area contributed by atoms with Gasteiger partial charge in [-0.25, -0.2) is 0 Å². The summed E-state index contributed by atoms with van der Waals surface area (Å²) in [6.07, 6.45) is 0. The smallest absolute Gasteiger partial charge is 0.137 e. The molecule has 0 aliphatic heterocycles. The molecule has 0 atom stereocenters. The number of benzene rings is 9. The van der Waals surface area contributed by atoms with Crippen molar-refractivity contribution in [1.29, 1.82) is 0 Å². The third kappa shape index (κ3) is 6.14. The Hall–Kier alpha value is -7.42. The van der Waals surface area contributed by atoms with Crippen LogP contribution in [0.25, 0.3) is 77.6 Å². The summed E-state index contributed by atoms with van der Waals surface area (Å²) >= 11 is 0. The molecule has 2 heteroatoms. The minimum Gasteiger partial charge on any atom is -0.456 e. The van der Waals surface area contributed by atoms with Gasteiger partial charge in [0.25, 0.3) is 0 Å². The summed E-state index contributed by atoms with van der Waals surface area (Å²) in [5.74, 6) is 0. The van der Waals surface area contributed by atoms with Crippen LogP contribution >= 0.6 is 0 Å². The van der Waals surface area contributed by atoms with Crippen molar-refractivity contribution in [3.05, 3.63) is 224 Å². The number of anilines is 3. The molecular formula is C54H37NO. The molecule has 56 heavy (non-hydrogen) atoms. The van der Waals surface area contributed by atoms with Gasteiger partial charge in [-0.05, 0) is 92.5 Å². The Morgan fingerprint density at radius 1 is 0.268 bits per heavy atom. The van der Waals surface area contributed by atoms with Gasteiger partial charge in [0, 0.05) is 33.8 Å². The maximum atomic E-state index is 6.47. The molecule has 0 aliphatic rings. The van der Waals surface area contributed by atoms with E-state index in [0.717, 1.165) is 50.1 Å². The van der Waals surface area contributed by atoms with Crippen LogP contribution < -0.4 is 4.90 Å². The van der Waals surface area contributed by atoms with Gasteiger partial charge < -0.3 is 9.32 Å². The van der Waals surface area contributed by atoms with Crippen LogP contribution in [-0.2, 0) is 0 Å². The molecule has 10 rings (SSSR count). The zero-order valence-electron chi connectivity index (χ0n) is 30.7. The maximum Gasteiger partial charge on any atom is 0.137 e. The van der Waals surface area contributed by atoms with Gasteiger partial charge in [-0.3, -0.25) is 0 Å². The predicted molar refractivity (Wildman–Crippen MR) is 236 cm³/mol. The fourth-order valence-corrected chi connectivity index (χ4v) is 8.01. The van der Waals surface area contributed by atoms with Crippen molar-refractivity contribution in [2.24, 2.45) is 0 Å². The molecule has 0 unspecified atom stereocenters. The van der Waals surface area contributed by atoms with Gasteiger partial charge in [0.15, 0.2) is 0 Å². The first kappa shape index (κ1) is 33.2. The second kappa shape index (κ2) is 14.4. The van der Waals surface area contributed by atoms with E-state index in [2.05, 4.69) is 217 Å². The van der Waals surface area contributed by atoms with Gasteiger partial charge in [-0.15, -0.1) is 0 Å². The van der Waals surface area contributed by atoms with Crippen molar-refractivity contribution in [3.8, 4) is 55.6 Å². The lowest BCUT2D eigenvalue weighted by Crippen LogP contribution is -2.11. The monoisotopic (exact) mass is 715 g/mol. The summed E-state index contributed by atoms with van der Waals surface area (Å²) in [4.78, 5) is 2.37. The molecule has 2 nitrogen and oxygen atoms in total. The van der Waals surface area contributed by atoms with Gasteiger partial charge in [0.05, 0.1) is 5.69 Å². The van der Waals surface area contributed by atoms with Gasteiger partial charge in [-0.1, -0.05) is 176 Å². The molecule has 0 N–H and O–H groups in total. The first-order valence-corrected chi connectivity index (χ1v) is 19.1. The molecule has 0 bridgehead atoms. The fraction of sp³-hybridized carbons (Fsp3) is 0. The van der Waals surface area contributed by atoms with E-state index in [-0.39, 0.29) is 0 Å². The summed E-state index contributed by atoms with van der Waals surface area (Å²) in [7, 11) is 0. The van der Waals surface area contributed by atoms with Gasteiger partial charge in [0.1, 0.15) is 11.2 Å². The molecule has 0 saturated heterocycles. The van der Waals surface area contributed by atoms with Crippen molar-refractivity contribution >= 4 is 39.0 Å². The third-order valence-electron chi connectivity index (χ3n) is 10.7. The molecule has 0 saturated carbocycles. The SMILES string of the molecule is c1ccc(-c2ccc(N(c3ccc4c(c3)oc3ccccc34)c3ccccc3-c3ccc(-c4ccccc4)cc3-c3ccccc3-c3ccccc3)cc2)cc1. The Bertz CT molecular complexity index is 2950. The topological polar surface area (TPSA) is 16.4 Å². The highest BCUT2D eigenvalue weighted by Gasteiger charge is 2.22. The quantitative estimate of drug-likeness (QED) is 0.156. The molecule has 264 valence electrons. The molecule has 10 aromatic rings. The van der Waals surface area contributed by atoms with Crippen LogP contribution in [0.3, 0.4) is 0 Å². The van der Waals surface area contributed by atoms with Crippen LogP contribution in [-0.4, -0.2) is 0 Å². The first-order chi connectivity index (χ1) is 27.8. The van der Waals surface area contributed by atoms with Crippen molar-refractivity contribution in [3.63, 3.8) is 0 Å². The third-order valence-corrected chi connectivity index (χ3v) is 10.7. The van der Waals surface area contributed by atoms with E-state index in [0.29, 0.717) is 0 Å². The fourth-order valence-electron chi connectivity index (χ4n) is 8.01. The van der Waals surface area contributed by atoms with E-state index >= 15 is 0 Å². The Morgan fingerprint density at radius 2 is 0.768 bits per heavy atom. The van der Waals surface area contributed by atoms with Gasteiger partial charge in [-0.2, -0.15) is 0 Å². The molecule has 1 aromatic heterocycles. The lowest BCUT2D eigenvalue weighted by Gasteiger charge is -2.29. The van der Waals surface area contributed by atoms with E-state index in [4.69, 9.17) is 4.42 Å². The molecule has 0 fully saturated rings. The molecule has 1 heterocycles. The summed E-state index contributed by atoms with van der Waals surface area (Å²) in [5, 5.41) is 2.22. The average Bonchev–Trinajstić information content (AvgIpc) is 3.66. The van der Waals surface area contributed by atoms with Crippen LogP contribution in [0.5, 0.6) is 0 Å². The van der Waals surface area contributed by atoms with Crippen LogP contribution in [0, 0.1) is 0 Å². The van der Waals surface area contributed by atoms with Crippen molar-refractivity contribution in [2.75, 3.05) is 4.90 Å². The second-order valence-corrected chi connectivity index (χ2v) is 14.1. The Labute approximate surface area is 327 Å². The highest BCUT2D eigenvalue weighted by Crippen LogP contribution is 2.47. The summed E-state index contributed by atoms with van der Waals surface area (Å²) in [6.45, 7) is 0. The molecule has 0 aliphatic carbocycles. The van der Waals surface area contributed by atoms with Crippen molar-refractivity contribution in [2.45, 2.75) is 0 Å². The lowest BCUT2D eigenvalue weighted by atomic mass is 9.86. The van der Waals surface area contributed by atoms with Gasteiger partial charge >= 0.3 is 0 Å². The van der Waals surface area contributed by atoms with Crippen LogP contribution in [0.4, 0.5) is 17.1 Å². The minimum absolute atomic E-state index is 0.858. The predicted octanol–water partition coefficient (Wildman–Crippen LogP) is 15.4. The Kier molecular flexibility index (Phi) is 8.55. The molecular weight excluding hydrogens is 679 g/mol. The highest BCUT2D eigenvalue weighted by molar-refractivity contribution is 6.06. The number of hydrogen-bond donors (Lipinski definition) is 0. The number of furan rings is 1. The zero-order chi connectivity index (χ0) is 37.3. The largest absolute Gasteiger partial charge is 0.456 e. The van der Waals surface area contributed by atoms with E-state index in [1.165, 1.54) is 44.5 Å². The minimum atomic E-state index is 0.858. The Balaban J connectivity index is 1.20. The lowest BCUT2D eigenvalue weighted by molar-refractivity contribution is 0.669. The maximum absolute atomic E-state index is 6.47. The molecule has 9 aromatic carbocycles. The summed E-state index contributed by atoms with van der Waals surface area (Å²) in [6, 6.07) is 80.1. The summed E-state index contributed by atoms with van der Waals surface area (Å²) in [5.41, 5.74) is 16.6. The second-order valence-electron chi connectivity index (χ2n) is 14.1. The number of hydrogen-bond acceptors (Lipinski definition) is 2. The summed E-state index contributed by atoms with van der Waals surface area (Å²) < 4.78 is 6.47. The van der Waals surface area contributed by atoms with Crippen LogP contribution in [0.2, 0.25) is 0 Å².